The third-order valence-corrected chi connectivity index (χ3v) is 3.14. The minimum absolute atomic E-state index is 0.0550. The monoisotopic (exact) mass is 234 g/mol. The van der Waals surface area contributed by atoms with Gasteiger partial charge in [0, 0.05) is 0 Å². The van der Waals surface area contributed by atoms with E-state index in [2.05, 4.69) is 0 Å². The highest BCUT2D eigenvalue weighted by Crippen LogP contribution is 2.22. The Hall–Kier alpha value is -0.780. The molecule has 1 radical (unpaired) electrons. The lowest BCUT2D eigenvalue weighted by Gasteiger charge is -2.07. The summed E-state index contributed by atoms with van der Waals surface area (Å²) in [5.74, 6) is 0.276. The molecule has 77 valence electrons. The number of ether oxygens (including phenoxy) is 1. The molecule has 1 rings (SSSR count). The van der Waals surface area contributed by atoms with Gasteiger partial charge in [-0.3, -0.25) is 0 Å². The summed E-state index contributed by atoms with van der Waals surface area (Å²) in [7, 11) is -2.21. The van der Waals surface area contributed by atoms with Crippen LogP contribution in [0.1, 0.15) is 0 Å². The largest absolute Gasteiger partial charge is 0.495 e. The number of hydrogen-bond acceptors (Lipinski definition) is 3. The third kappa shape index (κ3) is 2.37. The second-order valence-corrected chi connectivity index (χ2v) is 4.28. The van der Waals surface area contributed by atoms with E-state index in [0.29, 0.717) is 0 Å². The fraction of sp³-hybridized carbons (Fsp3) is 0.125. The standard InChI is InChI=1S/C8H9ClNO3S/c1-13-7-4-2-3-5-8(7)14(11,12)10-6-9/h2-6,10H,1H3. The molecular formula is C8H9ClNO3S. The fourth-order valence-corrected chi connectivity index (χ4v) is 2.23. The number of rotatable bonds is 4. The first-order valence-electron chi connectivity index (χ1n) is 3.69. The van der Waals surface area contributed by atoms with E-state index in [4.69, 9.17) is 16.3 Å². The van der Waals surface area contributed by atoms with Gasteiger partial charge in [-0.05, 0) is 12.1 Å². The van der Waals surface area contributed by atoms with Crippen molar-refractivity contribution in [1.29, 1.82) is 0 Å². The second kappa shape index (κ2) is 4.63. The fourth-order valence-electron chi connectivity index (χ4n) is 0.963. The van der Waals surface area contributed by atoms with E-state index in [1.165, 1.54) is 13.2 Å². The van der Waals surface area contributed by atoms with Crippen LogP contribution in [-0.4, -0.2) is 15.5 Å². The van der Waals surface area contributed by atoms with Gasteiger partial charge in [0.25, 0.3) is 0 Å². The van der Waals surface area contributed by atoms with E-state index >= 15 is 0 Å². The van der Waals surface area contributed by atoms with Gasteiger partial charge >= 0.3 is 0 Å². The van der Waals surface area contributed by atoms with Crippen molar-refractivity contribution in [1.82, 2.24) is 4.72 Å². The zero-order valence-corrected chi connectivity index (χ0v) is 8.97. The summed E-state index contributed by atoms with van der Waals surface area (Å²) in [5.41, 5.74) is 0. The molecule has 0 aliphatic rings. The summed E-state index contributed by atoms with van der Waals surface area (Å²) in [4.78, 5) is 0.0550. The molecule has 0 bridgehead atoms. The van der Waals surface area contributed by atoms with Crippen molar-refractivity contribution >= 4 is 21.6 Å². The Morgan fingerprint density at radius 2 is 2.07 bits per heavy atom. The molecule has 0 saturated carbocycles. The first-order chi connectivity index (χ1) is 6.61. The summed E-state index contributed by atoms with van der Waals surface area (Å²) >= 11 is 5.18. The van der Waals surface area contributed by atoms with Gasteiger partial charge in [-0.25, -0.2) is 8.42 Å². The van der Waals surface area contributed by atoms with E-state index in [0.717, 1.165) is 6.00 Å². The molecule has 14 heavy (non-hydrogen) atoms. The van der Waals surface area contributed by atoms with Crippen LogP contribution in [0.3, 0.4) is 0 Å². The van der Waals surface area contributed by atoms with Gasteiger partial charge in [0.05, 0.1) is 7.11 Å². The topological polar surface area (TPSA) is 55.4 Å². The minimum Gasteiger partial charge on any atom is -0.495 e. The first kappa shape index (κ1) is 11.3. The third-order valence-electron chi connectivity index (χ3n) is 1.56. The Balaban J connectivity index is 3.18. The van der Waals surface area contributed by atoms with Crippen molar-refractivity contribution in [3.05, 3.63) is 30.3 Å². The number of nitrogens with one attached hydrogen (secondary N) is 1. The second-order valence-electron chi connectivity index (χ2n) is 2.38. The summed E-state index contributed by atoms with van der Waals surface area (Å²) in [6, 6.07) is 7.11. The van der Waals surface area contributed by atoms with Crippen LogP contribution in [0, 0.1) is 6.00 Å². The molecule has 0 atom stereocenters. The zero-order chi connectivity index (χ0) is 10.6. The van der Waals surface area contributed by atoms with E-state index in [1.54, 1.807) is 18.2 Å². The lowest BCUT2D eigenvalue weighted by Crippen LogP contribution is -2.19. The average Bonchev–Trinajstić information content (AvgIpc) is 2.18. The Labute approximate surface area is 87.9 Å². The highest BCUT2D eigenvalue weighted by molar-refractivity contribution is 7.89. The van der Waals surface area contributed by atoms with Crippen LogP contribution in [-0.2, 0) is 10.0 Å². The maximum atomic E-state index is 11.5. The van der Waals surface area contributed by atoms with Crippen molar-refractivity contribution in [2.45, 2.75) is 4.90 Å². The molecule has 6 heteroatoms. The molecule has 0 amide bonds. The molecule has 4 nitrogen and oxygen atoms in total. The number of para-hydroxylation sites is 1. The molecule has 1 aromatic rings. The van der Waals surface area contributed by atoms with Gasteiger partial charge in [-0.1, -0.05) is 12.1 Å². The van der Waals surface area contributed by atoms with Gasteiger partial charge in [0.1, 0.15) is 16.6 Å². The zero-order valence-electron chi connectivity index (χ0n) is 7.40. The van der Waals surface area contributed by atoms with Crippen LogP contribution in [0.2, 0.25) is 0 Å². The van der Waals surface area contributed by atoms with Crippen molar-refractivity contribution in [3.63, 3.8) is 0 Å². The molecule has 1 N–H and O–H groups in total. The predicted molar refractivity (Wildman–Crippen MR) is 53.5 cm³/mol. The van der Waals surface area contributed by atoms with Gasteiger partial charge in [-0.2, -0.15) is 4.72 Å². The molecule has 0 saturated heterocycles. The van der Waals surface area contributed by atoms with Crippen molar-refractivity contribution in [2.75, 3.05) is 7.11 Å². The summed E-state index contributed by atoms with van der Waals surface area (Å²) < 4.78 is 30.0. The number of sulfonamides is 1. The molecule has 0 unspecified atom stereocenters. The highest BCUT2D eigenvalue weighted by atomic mass is 35.5. The van der Waals surface area contributed by atoms with Crippen molar-refractivity contribution in [3.8, 4) is 5.75 Å². The van der Waals surface area contributed by atoms with Gasteiger partial charge in [-0.15, -0.1) is 11.6 Å². The molecule has 0 aliphatic carbocycles. The molecular weight excluding hydrogens is 226 g/mol. The Morgan fingerprint density at radius 3 is 2.64 bits per heavy atom. The minimum atomic E-state index is -3.62. The normalized spacial score (nSPS) is 11.3. The molecule has 1 aromatic carbocycles. The Kier molecular flexibility index (Phi) is 3.74. The van der Waals surface area contributed by atoms with E-state index in [9.17, 15) is 8.42 Å². The summed E-state index contributed by atoms with van der Waals surface area (Å²) in [6.45, 7) is 0. The summed E-state index contributed by atoms with van der Waals surface area (Å²) in [6.07, 6.45) is 0. The van der Waals surface area contributed by atoms with Crippen LogP contribution in [0.15, 0.2) is 29.2 Å². The number of halogens is 1. The van der Waals surface area contributed by atoms with Gasteiger partial charge in [0.2, 0.25) is 10.0 Å². The Morgan fingerprint density at radius 1 is 1.43 bits per heavy atom. The maximum Gasteiger partial charge on any atom is 0.245 e. The van der Waals surface area contributed by atoms with Gasteiger partial charge < -0.3 is 4.74 Å². The van der Waals surface area contributed by atoms with E-state index in [1.807, 2.05) is 4.72 Å². The first-order valence-corrected chi connectivity index (χ1v) is 5.61. The van der Waals surface area contributed by atoms with Crippen LogP contribution in [0.5, 0.6) is 5.75 Å². The lowest BCUT2D eigenvalue weighted by atomic mass is 10.3. The molecule has 0 heterocycles. The number of methoxy groups -OCH3 is 1. The molecule has 0 spiro atoms. The smallest absolute Gasteiger partial charge is 0.245 e. The van der Waals surface area contributed by atoms with Crippen LogP contribution >= 0.6 is 11.6 Å². The molecule has 0 aliphatic heterocycles. The maximum absolute atomic E-state index is 11.5. The van der Waals surface area contributed by atoms with Crippen molar-refractivity contribution < 1.29 is 13.2 Å². The lowest BCUT2D eigenvalue weighted by molar-refractivity contribution is 0.402. The van der Waals surface area contributed by atoms with E-state index < -0.39 is 10.0 Å². The average molecular weight is 235 g/mol. The van der Waals surface area contributed by atoms with Crippen LogP contribution < -0.4 is 9.46 Å². The Bertz CT molecular complexity index is 405. The van der Waals surface area contributed by atoms with Crippen LogP contribution in [0.25, 0.3) is 0 Å². The van der Waals surface area contributed by atoms with E-state index in [-0.39, 0.29) is 10.6 Å². The highest BCUT2D eigenvalue weighted by Gasteiger charge is 2.17. The van der Waals surface area contributed by atoms with Gasteiger partial charge in [0.15, 0.2) is 0 Å². The number of benzene rings is 1. The molecule has 0 fully saturated rings. The number of hydrogen-bond donors (Lipinski definition) is 1. The predicted octanol–water partition coefficient (Wildman–Crippen LogP) is 1.33. The van der Waals surface area contributed by atoms with Crippen molar-refractivity contribution in [2.24, 2.45) is 0 Å². The molecule has 0 aromatic heterocycles. The van der Waals surface area contributed by atoms with Crippen LogP contribution in [0.4, 0.5) is 0 Å². The SMILES string of the molecule is COc1ccccc1S(=O)(=O)N[CH]Cl. The summed E-state index contributed by atoms with van der Waals surface area (Å²) in [5, 5.41) is 0. The quantitative estimate of drug-likeness (QED) is 0.800.